The van der Waals surface area contributed by atoms with Crippen LogP contribution in [0.2, 0.25) is 0 Å². The van der Waals surface area contributed by atoms with Crippen molar-refractivity contribution in [1.82, 2.24) is 10.2 Å². The Morgan fingerprint density at radius 2 is 1.89 bits per heavy atom. The minimum absolute atomic E-state index is 0.0191. The molecular weight excluding hydrogens is 262 g/mol. The quantitative estimate of drug-likeness (QED) is 0.776. The molecule has 3 N–H and O–H groups in total. The molecule has 0 aromatic rings. The van der Waals surface area contributed by atoms with Crippen molar-refractivity contribution in [2.75, 3.05) is 25.4 Å². The second-order valence-electron chi connectivity index (χ2n) is 5.87. The summed E-state index contributed by atoms with van der Waals surface area (Å²) in [6.45, 7) is 8.04. The molecule has 1 aliphatic rings. The highest BCUT2D eigenvalue weighted by Gasteiger charge is 2.27. The minimum atomic E-state index is -0.437. The highest BCUT2D eigenvalue weighted by Crippen LogP contribution is 2.24. The number of rotatable bonds is 5. The second kappa shape index (κ2) is 7.14. The molecule has 110 valence electrons. The maximum atomic E-state index is 12.3. The predicted octanol–water partition coefficient (Wildman–Crippen LogP) is 0.584. The number of piperidine rings is 1. The van der Waals surface area contributed by atoms with Gasteiger partial charge in [0, 0.05) is 10.8 Å². The van der Waals surface area contributed by atoms with Gasteiger partial charge in [0.05, 0.1) is 12.3 Å². The normalized spacial score (nSPS) is 17.2. The lowest BCUT2D eigenvalue weighted by Gasteiger charge is -2.34. The largest absolute Gasteiger partial charge is 0.368 e. The first-order chi connectivity index (χ1) is 8.79. The maximum Gasteiger partial charge on any atom is 0.237 e. The summed E-state index contributed by atoms with van der Waals surface area (Å²) in [6.07, 6.45) is 1.78. The van der Waals surface area contributed by atoms with Crippen molar-refractivity contribution >= 4 is 23.6 Å². The van der Waals surface area contributed by atoms with E-state index in [-0.39, 0.29) is 23.2 Å². The van der Waals surface area contributed by atoms with Gasteiger partial charge in [-0.2, -0.15) is 0 Å². The van der Waals surface area contributed by atoms with Crippen LogP contribution in [0.1, 0.15) is 33.6 Å². The number of nitrogens with one attached hydrogen (secondary N) is 1. The Bertz CT molecular complexity index is 322. The molecule has 1 aliphatic heterocycles. The topological polar surface area (TPSA) is 75.4 Å². The Kier molecular flexibility index (Phi) is 6.13. The van der Waals surface area contributed by atoms with Gasteiger partial charge in [0.1, 0.15) is 0 Å². The van der Waals surface area contributed by atoms with Crippen molar-refractivity contribution < 1.29 is 9.59 Å². The molecular formula is C13H25N3O2S. The minimum Gasteiger partial charge on any atom is -0.368 e. The van der Waals surface area contributed by atoms with Crippen LogP contribution >= 0.6 is 11.8 Å². The summed E-state index contributed by atoms with van der Waals surface area (Å²) >= 11 is 1.60. The average Bonchev–Trinajstić information content (AvgIpc) is 2.33. The van der Waals surface area contributed by atoms with E-state index in [2.05, 4.69) is 26.1 Å². The lowest BCUT2D eigenvalue weighted by Crippen LogP contribution is -2.50. The number of amides is 2. The highest BCUT2D eigenvalue weighted by atomic mass is 32.2. The van der Waals surface area contributed by atoms with Gasteiger partial charge in [-0.15, -0.1) is 11.8 Å². The van der Waals surface area contributed by atoms with Gasteiger partial charge in [0.2, 0.25) is 11.8 Å². The standard InChI is InChI=1S/C13H25N3O2S/c1-13(2,3)19-9-12(18)16(8-11(14)17)10-4-6-15-7-5-10/h10,15H,4-9H2,1-3H3,(H2,14,17). The van der Waals surface area contributed by atoms with Crippen LogP contribution < -0.4 is 11.1 Å². The molecule has 0 bridgehead atoms. The monoisotopic (exact) mass is 287 g/mol. The Morgan fingerprint density at radius 1 is 1.32 bits per heavy atom. The van der Waals surface area contributed by atoms with E-state index in [4.69, 9.17) is 5.73 Å². The van der Waals surface area contributed by atoms with E-state index in [0.717, 1.165) is 25.9 Å². The fourth-order valence-corrected chi connectivity index (χ4v) is 2.79. The molecule has 1 heterocycles. The molecule has 1 rings (SSSR count). The van der Waals surface area contributed by atoms with E-state index in [9.17, 15) is 9.59 Å². The Hall–Kier alpha value is -0.750. The molecule has 1 fully saturated rings. The van der Waals surface area contributed by atoms with Crippen molar-refractivity contribution in [2.45, 2.75) is 44.4 Å². The summed E-state index contributed by atoms with van der Waals surface area (Å²) in [7, 11) is 0. The molecule has 0 spiro atoms. The zero-order valence-electron chi connectivity index (χ0n) is 12.1. The number of nitrogens with zero attached hydrogens (tertiary/aromatic N) is 1. The van der Waals surface area contributed by atoms with Crippen LogP contribution in [-0.4, -0.2) is 52.9 Å². The van der Waals surface area contributed by atoms with E-state index in [0.29, 0.717) is 5.75 Å². The Morgan fingerprint density at radius 3 is 2.37 bits per heavy atom. The molecule has 19 heavy (non-hydrogen) atoms. The summed E-state index contributed by atoms with van der Waals surface area (Å²) in [5.74, 6) is -0.0148. The molecule has 5 nitrogen and oxygen atoms in total. The number of nitrogens with two attached hydrogens (primary N) is 1. The summed E-state index contributed by atoms with van der Waals surface area (Å²) in [4.78, 5) is 25.1. The molecule has 0 atom stereocenters. The fraction of sp³-hybridized carbons (Fsp3) is 0.846. The van der Waals surface area contributed by atoms with Gasteiger partial charge in [0.15, 0.2) is 0 Å². The second-order valence-corrected chi connectivity index (χ2v) is 7.67. The van der Waals surface area contributed by atoms with Crippen molar-refractivity contribution in [3.8, 4) is 0 Å². The van der Waals surface area contributed by atoms with E-state index < -0.39 is 5.91 Å². The number of hydrogen-bond donors (Lipinski definition) is 2. The van der Waals surface area contributed by atoms with Gasteiger partial charge in [-0.25, -0.2) is 0 Å². The zero-order chi connectivity index (χ0) is 14.5. The van der Waals surface area contributed by atoms with Gasteiger partial charge >= 0.3 is 0 Å². The predicted molar refractivity (Wildman–Crippen MR) is 79.0 cm³/mol. The Labute approximate surface area is 119 Å². The third kappa shape index (κ3) is 6.29. The van der Waals surface area contributed by atoms with Gasteiger partial charge in [-0.1, -0.05) is 20.8 Å². The van der Waals surface area contributed by atoms with Crippen LogP contribution in [0.25, 0.3) is 0 Å². The summed E-state index contributed by atoms with van der Waals surface area (Å²) in [5, 5.41) is 3.26. The molecule has 0 aromatic heterocycles. The van der Waals surface area contributed by atoms with Crippen LogP contribution in [0.3, 0.4) is 0 Å². The molecule has 0 radical (unpaired) electrons. The molecule has 0 aliphatic carbocycles. The average molecular weight is 287 g/mol. The van der Waals surface area contributed by atoms with Crippen LogP contribution in [-0.2, 0) is 9.59 Å². The first kappa shape index (κ1) is 16.3. The van der Waals surface area contributed by atoms with E-state index >= 15 is 0 Å². The van der Waals surface area contributed by atoms with Gasteiger partial charge < -0.3 is 16.0 Å². The number of carbonyl (C=O) groups excluding carboxylic acids is 2. The zero-order valence-corrected chi connectivity index (χ0v) is 12.9. The summed E-state index contributed by atoms with van der Waals surface area (Å²) < 4.78 is 0.0438. The van der Waals surface area contributed by atoms with E-state index in [1.807, 2.05) is 0 Å². The number of carbonyl (C=O) groups is 2. The van der Waals surface area contributed by atoms with Gasteiger partial charge in [0.25, 0.3) is 0 Å². The number of thioether (sulfide) groups is 1. The van der Waals surface area contributed by atoms with Gasteiger partial charge in [-0.05, 0) is 25.9 Å². The first-order valence-electron chi connectivity index (χ1n) is 6.72. The molecule has 0 aromatic carbocycles. The van der Waals surface area contributed by atoms with Crippen LogP contribution in [0, 0.1) is 0 Å². The fourth-order valence-electron chi connectivity index (χ4n) is 2.07. The molecule has 6 heteroatoms. The van der Waals surface area contributed by atoms with Crippen LogP contribution in [0.15, 0.2) is 0 Å². The third-order valence-electron chi connectivity index (χ3n) is 3.02. The van der Waals surface area contributed by atoms with Crippen LogP contribution in [0.5, 0.6) is 0 Å². The number of primary amides is 1. The first-order valence-corrected chi connectivity index (χ1v) is 7.70. The molecule has 1 saturated heterocycles. The third-order valence-corrected chi connectivity index (χ3v) is 4.28. The summed E-state index contributed by atoms with van der Waals surface area (Å²) in [5.41, 5.74) is 5.26. The highest BCUT2D eigenvalue weighted by molar-refractivity contribution is 8.01. The van der Waals surface area contributed by atoms with Gasteiger partial charge in [-0.3, -0.25) is 9.59 Å². The Balaban J connectivity index is 2.61. The maximum absolute atomic E-state index is 12.3. The lowest BCUT2D eigenvalue weighted by atomic mass is 10.0. The van der Waals surface area contributed by atoms with Crippen LogP contribution in [0.4, 0.5) is 0 Å². The van der Waals surface area contributed by atoms with Crippen molar-refractivity contribution in [2.24, 2.45) is 5.73 Å². The number of hydrogen-bond acceptors (Lipinski definition) is 4. The molecule has 0 saturated carbocycles. The molecule has 0 unspecified atom stereocenters. The van der Waals surface area contributed by atoms with E-state index in [1.54, 1.807) is 16.7 Å². The lowest BCUT2D eigenvalue weighted by molar-refractivity contribution is -0.135. The van der Waals surface area contributed by atoms with Crippen molar-refractivity contribution in [3.63, 3.8) is 0 Å². The smallest absolute Gasteiger partial charge is 0.237 e. The van der Waals surface area contributed by atoms with E-state index in [1.165, 1.54) is 0 Å². The molecule has 2 amide bonds. The van der Waals surface area contributed by atoms with Crippen molar-refractivity contribution in [3.05, 3.63) is 0 Å². The SMILES string of the molecule is CC(C)(C)SCC(=O)N(CC(N)=O)C1CCNCC1. The summed E-state index contributed by atoms with van der Waals surface area (Å²) in [6, 6.07) is 0.141. The van der Waals surface area contributed by atoms with Crippen molar-refractivity contribution in [1.29, 1.82) is 0 Å².